The maximum atomic E-state index is 15.6. The maximum absolute atomic E-state index is 15.6. The maximum Gasteiger partial charge on any atom is 0.349 e. The van der Waals surface area contributed by atoms with E-state index in [1.165, 1.54) is 19.4 Å². The van der Waals surface area contributed by atoms with Crippen molar-refractivity contribution < 1.29 is 13.9 Å². The predicted octanol–water partition coefficient (Wildman–Crippen LogP) is 2.56. The summed E-state index contributed by atoms with van der Waals surface area (Å²) < 4.78 is 27.5. The SMILES string of the molecule is CCOc1cc(OC)c(F)c(C(Cc2ccc(C(=N)N)cc2)c2nn(-c3cccnn3)c(=O)[nH]2)c1. The van der Waals surface area contributed by atoms with E-state index in [1.807, 2.05) is 6.92 Å². The third-order valence-corrected chi connectivity index (χ3v) is 5.39. The molecule has 11 heteroatoms. The first-order valence-electron chi connectivity index (χ1n) is 10.8. The Bertz CT molecular complexity index is 1380. The first kappa shape index (κ1) is 23.6. The predicted molar refractivity (Wildman–Crippen MR) is 127 cm³/mol. The average molecular weight is 478 g/mol. The van der Waals surface area contributed by atoms with Crippen LogP contribution in [0.15, 0.2) is 59.5 Å². The van der Waals surface area contributed by atoms with Gasteiger partial charge in [0.1, 0.15) is 17.4 Å². The average Bonchev–Trinajstić information content (AvgIpc) is 3.26. The number of halogens is 1. The first-order chi connectivity index (χ1) is 16.9. The Morgan fingerprint density at radius 2 is 2.03 bits per heavy atom. The number of amidine groups is 1. The fourth-order valence-electron chi connectivity index (χ4n) is 3.71. The molecule has 4 aromatic rings. The van der Waals surface area contributed by atoms with Gasteiger partial charge in [0.15, 0.2) is 17.4 Å². The fourth-order valence-corrected chi connectivity index (χ4v) is 3.71. The summed E-state index contributed by atoms with van der Waals surface area (Å²) in [5, 5.41) is 19.7. The smallest absolute Gasteiger partial charge is 0.349 e. The lowest BCUT2D eigenvalue weighted by Crippen LogP contribution is -2.17. The molecule has 0 aliphatic rings. The van der Waals surface area contributed by atoms with Crippen molar-refractivity contribution in [3.63, 3.8) is 0 Å². The van der Waals surface area contributed by atoms with Crippen LogP contribution in [-0.4, -0.2) is 44.5 Å². The molecule has 10 nitrogen and oxygen atoms in total. The number of nitrogens with one attached hydrogen (secondary N) is 2. The van der Waals surface area contributed by atoms with Crippen LogP contribution in [0.1, 0.15) is 35.4 Å². The third-order valence-electron chi connectivity index (χ3n) is 5.39. The summed E-state index contributed by atoms with van der Waals surface area (Å²) in [6.45, 7) is 2.20. The minimum Gasteiger partial charge on any atom is -0.494 e. The molecule has 0 fully saturated rings. The van der Waals surface area contributed by atoms with Gasteiger partial charge in [-0.2, -0.15) is 9.78 Å². The normalized spacial score (nSPS) is 11.7. The quantitative estimate of drug-likeness (QED) is 0.248. The number of benzene rings is 2. The Labute approximate surface area is 200 Å². The molecule has 2 heterocycles. The van der Waals surface area contributed by atoms with E-state index in [0.29, 0.717) is 17.9 Å². The molecule has 1 atom stereocenters. The molecule has 2 aromatic heterocycles. The third kappa shape index (κ3) is 5.03. The summed E-state index contributed by atoms with van der Waals surface area (Å²) in [6, 6.07) is 13.3. The Hall–Kier alpha value is -4.54. The molecule has 1 unspecified atom stereocenters. The second-order valence-electron chi connectivity index (χ2n) is 7.64. The van der Waals surface area contributed by atoms with Crippen LogP contribution in [-0.2, 0) is 6.42 Å². The zero-order chi connectivity index (χ0) is 24.9. The van der Waals surface area contributed by atoms with Gasteiger partial charge in [-0.25, -0.2) is 9.18 Å². The molecule has 0 radical (unpaired) electrons. The zero-order valence-electron chi connectivity index (χ0n) is 19.2. The van der Waals surface area contributed by atoms with Crippen molar-refractivity contribution in [1.29, 1.82) is 5.41 Å². The summed E-state index contributed by atoms with van der Waals surface area (Å²) in [7, 11) is 1.37. The van der Waals surface area contributed by atoms with Crippen molar-refractivity contribution in [2.75, 3.05) is 13.7 Å². The second-order valence-corrected chi connectivity index (χ2v) is 7.64. The molecule has 0 saturated heterocycles. The van der Waals surface area contributed by atoms with Gasteiger partial charge >= 0.3 is 5.69 Å². The van der Waals surface area contributed by atoms with E-state index in [0.717, 1.165) is 10.2 Å². The van der Waals surface area contributed by atoms with Gasteiger partial charge < -0.3 is 15.2 Å². The van der Waals surface area contributed by atoms with E-state index in [-0.39, 0.29) is 35.2 Å². The first-order valence-corrected chi connectivity index (χ1v) is 10.8. The summed E-state index contributed by atoms with van der Waals surface area (Å²) in [5.74, 6) is -0.460. The van der Waals surface area contributed by atoms with Crippen molar-refractivity contribution in [2.24, 2.45) is 5.73 Å². The Morgan fingerprint density at radius 1 is 1.26 bits per heavy atom. The summed E-state index contributed by atoms with van der Waals surface area (Å²) in [4.78, 5) is 15.5. The molecular weight excluding hydrogens is 453 g/mol. The molecular formula is C24H24FN7O3. The molecule has 0 amide bonds. The molecule has 0 aliphatic carbocycles. The molecule has 0 spiro atoms. The molecule has 4 N–H and O–H groups in total. The van der Waals surface area contributed by atoms with Crippen LogP contribution >= 0.6 is 0 Å². The van der Waals surface area contributed by atoms with Gasteiger partial charge in [-0.3, -0.25) is 10.4 Å². The molecule has 180 valence electrons. The number of nitrogens with zero attached hydrogens (tertiary/aromatic N) is 4. The largest absolute Gasteiger partial charge is 0.494 e. The van der Waals surface area contributed by atoms with E-state index < -0.39 is 17.4 Å². The Balaban J connectivity index is 1.84. The van der Waals surface area contributed by atoms with Crippen LogP contribution in [0.4, 0.5) is 4.39 Å². The van der Waals surface area contributed by atoms with Crippen molar-refractivity contribution in [2.45, 2.75) is 19.3 Å². The van der Waals surface area contributed by atoms with Gasteiger partial charge in [-0.1, -0.05) is 24.3 Å². The molecule has 2 aromatic carbocycles. The highest BCUT2D eigenvalue weighted by Gasteiger charge is 2.27. The fraction of sp³-hybridized carbons (Fsp3) is 0.208. The number of hydrogen-bond acceptors (Lipinski definition) is 7. The standard InChI is InChI=1S/C24H24FN7O3/c1-3-35-16-12-17(21(25)19(13-16)34-2)18(11-14-6-8-15(9-7-14)22(26)27)23-29-24(33)32(31-23)20-5-4-10-28-30-20/h4-10,12-13,18H,3,11H2,1-2H3,(H3,26,27)(H,29,31,33). The number of ether oxygens (including phenoxy) is 2. The number of aromatic amines is 1. The number of aromatic nitrogens is 5. The minimum atomic E-state index is -0.710. The highest BCUT2D eigenvalue weighted by molar-refractivity contribution is 5.94. The second kappa shape index (κ2) is 10.2. The van der Waals surface area contributed by atoms with E-state index >= 15 is 4.39 Å². The van der Waals surface area contributed by atoms with Crippen LogP contribution in [0.5, 0.6) is 11.5 Å². The topological polar surface area (TPSA) is 145 Å². The number of nitrogens with two attached hydrogens (primary N) is 1. The van der Waals surface area contributed by atoms with Gasteiger partial charge in [-0.05, 0) is 37.1 Å². The highest BCUT2D eigenvalue weighted by Crippen LogP contribution is 2.36. The van der Waals surface area contributed by atoms with Crippen molar-refractivity contribution in [1.82, 2.24) is 25.0 Å². The lowest BCUT2D eigenvalue weighted by Gasteiger charge is -2.19. The number of methoxy groups -OCH3 is 1. The molecule has 4 rings (SSSR count). The van der Waals surface area contributed by atoms with Crippen molar-refractivity contribution in [3.8, 4) is 17.3 Å². The Kier molecular flexibility index (Phi) is 6.86. The number of nitrogen functional groups attached to an aromatic ring is 1. The minimum absolute atomic E-state index is 0.0126. The van der Waals surface area contributed by atoms with Gasteiger partial charge in [-0.15, -0.1) is 10.2 Å². The molecule has 0 aliphatic heterocycles. The number of rotatable bonds is 9. The van der Waals surface area contributed by atoms with Crippen molar-refractivity contribution in [3.05, 3.63) is 93.5 Å². The van der Waals surface area contributed by atoms with Crippen LogP contribution in [0.2, 0.25) is 0 Å². The van der Waals surface area contributed by atoms with Crippen LogP contribution in [0.25, 0.3) is 5.82 Å². The van der Waals surface area contributed by atoms with E-state index in [1.54, 1.807) is 42.5 Å². The highest BCUT2D eigenvalue weighted by atomic mass is 19.1. The Morgan fingerprint density at radius 3 is 2.66 bits per heavy atom. The molecule has 0 bridgehead atoms. The lowest BCUT2D eigenvalue weighted by atomic mass is 9.90. The zero-order valence-corrected chi connectivity index (χ0v) is 19.2. The molecule has 35 heavy (non-hydrogen) atoms. The summed E-state index contributed by atoms with van der Waals surface area (Å²) in [5.41, 5.74) is 6.65. The summed E-state index contributed by atoms with van der Waals surface area (Å²) >= 11 is 0. The van der Waals surface area contributed by atoms with E-state index in [2.05, 4.69) is 20.3 Å². The lowest BCUT2D eigenvalue weighted by molar-refractivity contribution is 0.330. The van der Waals surface area contributed by atoms with Crippen LogP contribution < -0.4 is 20.9 Å². The van der Waals surface area contributed by atoms with Crippen molar-refractivity contribution >= 4 is 5.84 Å². The van der Waals surface area contributed by atoms with Crippen LogP contribution in [0.3, 0.4) is 0 Å². The van der Waals surface area contributed by atoms with Crippen LogP contribution in [0, 0.1) is 11.2 Å². The van der Waals surface area contributed by atoms with E-state index in [4.69, 9.17) is 20.6 Å². The van der Waals surface area contributed by atoms with Gasteiger partial charge in [0.25, 0.3) is 0 Å². The number of hydrogen-bond donors (Lipinski definition) is 3. The van der Waals surface area contributed by atoms with Gasteiger partial charge in [0, 0.05) is 23.4 Å². The monoisotopic (exact) mass is 477 g/mol. The van der Waals surface area contributed by atoms with Gasteiger partial charge in [0.05, 0.1) is 19.6 Å². The number of H-pyrrole nitrogens is 1. The van der Waals surface area contributed by atoms with Gasteiger partial charge in [0.2, 0.25) is 0 Å². The molecule has 0 saturated carbocycles. The summed E-state index contributed by atoms with van der Waals surface area (Å²) in [6.07, 6.45) is 1.76. The van der Waals surface area contributed by atoms with E-state index in [9.17, 15) is 4.79 Å².